The van der Waals surface area contributed by atoms with Crippen molar-refractivity contribution in [2.75, 3.05) is 18.4 Å². The maximum atomic E-state index is 12.7. The number of hydrogen-bond acceptors (Lipinski definition) is 5. The summed E-state index contributed by atoms with van der Waals surface area (Å²) in [6.07, 6.45) is 4.38. The number of anilines is 1. The van der Waals surface area contributed by atoms with Gasteiger partial charge in [0.2, 0.25) is 15.9 Å². The van der Waals surface area contributed by atoms with E-state index in [0.29, 0.717) is 10.6 Å². The largest absolute Gasteiger partial charge is 0.347 e. The number of hydrogen-bond donors (Lipinski definition) is 2. The van der Waals surface area contributed by atoms with E-state index in [2.05, 4.69) is 17.2 Å². The fourth-order valence-electron chi connectivity index (χ4n) is 3.48. The number of fused-ring (bicyclic) bond motifs is 1. The van der Waals surface area contributed by atoms with Gasteiger partial charge in [-0.05, 0) is 61.2 Å². The molecule has 4 rings (SSSR count). The molecule has 2 heterocycles. The molecular formula is C20H21N3O4S2. The predicted molar refractivity (Wildman–Crippen MR) is 112 cm³/mol. The van der Waals surface area contributed by atoms with E-state index >= 15 is 0 Å². The summed E-state index contributed by atoms with van der Waals surface area (Å²) in [6, 6.07) is 7.88. The van der Waals surface area contributed by atoms with Crippen LogP contribution in [-0.4, -0.2) is 43.7 Å². The molecule has 2 N–H and O–H groups in total. The Bertz CT molecular complexity index is 1050. The molecular weight excluding hydrogens is 410 g/mol. The van der Waals surface area contributed by atoms with Crippen LogP contribution in [0.15, 0.2) is 47.9 Å². The zero-order valence-electron chi connectivity index (χ0n) is 15.7. The van der Waals surface area contributed by atoms with Gasteiger partial charge in [0.25, 0.3) is 5.91 Å². The standard InChI is InChI=1S/C20H21N3O4S2/c1-2-19(24)21-15-11-23(12-15)29(26,27)16-8-6-14(7-9-16)22-20(25)18-10-13-4-3-5-17(13)28-18/h2,6-10,15H,1,3-5,11-12H2,(H,21,24)(H,22,25). The molecule has 2 aromatic rings. The number of carbonyl (C=O) groups is 2. The molecule has 2 aliphatic rings. The molecule has 1 aliphatic carbocycles. The van der Waals surface area contributed by atoms with E-state index < -0.39 is 10.0 Å². The molecule has 1 aromatic carbocycles. The monoisotopic (exact) mass is 431 g/mol. The molecule has 7 nitrogen and oxygen atoms in total. The molecule has 2 amide bonds. The first-order valence-corrected chi connectivity index (χ1v) is 11.6. The Labute approximate surface area is 173 Å². The molecule has 0 spiro atoms. The Morgan fingerprint density at radius 1 is 1.17 bits per heavy atom. The lowest BCUT2D eigenvalue weighted by atomic mass is 10.2. The Kier molecular flexibility index (Phi) is 5.28. The van der Waals surface area contributed by atoms with Gasteiger partial charge in [-0.1, -0.05) is 6.58 Å². The zero-order chi connectivity index (χ0) is 20.6. The average molecular weight is 432 g/mol. The molecule has 0 unspecified atom stereocenters. The second kappa shape index (κ2) is 7.74. The first-order chi connectivity index (χ1) is 13.9. The maximum Gasteiger partial charge on any atom is 0.265 e. The van der Waals surface area contributed by atoms with Gasteiger partial charge in [-0.15, -0.1) is 11.3 Å². The number of thiophene rings is 1. The van der Waals surface area contributed by atoms with Crippen LogP contribution in [0, 0.1) is 0 Å². The minimum absolute atomic E-state index is 0.152. The van der Waals surface area contributed by atoms with E-state index in [-0.39, 0.29) is 35.8 Å². The number of aryl methyl sites for hydroxylation is 2. The van der Waals surface area contributed by atoms with E-state index in [1.54, 1.807) is 12.1 Å². The van der Waals surface area contributed by atoms with Crippen LogP contribution >= 0.6 is 11.3 Å². The molecule has 152 valence electrons. The van der Waals surface area contributed by atoms with Gasteiger partial charge in [-0.3, -0.25) is 9.59 Å². The van der Waals surface area contributed by atoms with Gasteiger partial charge in [0.1, 0.15) is 0 Å². The third-order valence-corrected chi connectivity index (χ3v) is 8.18. The van der Waals surface area contributed by atoms with Crippen LogP contribution in [0.4, 0.5) is 5.69 Å². The molecule has 0 atom stereocenters. The predicted octanol–water partition coefficient (Wildman–Crippen LogP) is 2.16. The lowest BCUT2D eigenvalue weighted by molar-refractivity contribution is -0.117. The summed E-state index contributed by atoms with van der Waals surface area (Å²) in [5, 5.41) is 5.49. The van der Waals surface area contributed by atoms with Gasteiger partial charge in [0.15, 0.2) is 0 Å². The number of nitrogens with zero attached hydrogens (tertiary/aromatic N) is 1. The van der Waals surface area contributed by atoms with Crippen LogP contribution in [0.5, 0.6) is 0 Å². The number of rotatable bonds is 6. The van der Waals surface area contributed by atoms with Crippen molar-refractivity contribution in [3.05, 3.63) is 58.3 Å². The summed E-state index contributed by atoms with van der Waals surface area (Å²) < 4.78 is 26.6. The van der Waals surface area contributed by atoms with Crippen molar-refractivity contribution < 1.29 is 18.0 Å². The molecule has 0 radical (unpaired) electrons. The molecule has 1 aliphatic heterocycles. The highest BCUT2D eigenvalue weighted by Gasteiger charge is 2.37. The lowest BCUT2D eigenvalue weighted by Crippen LogP contribution is -2.60. The van der Waals surface area contributed by atoms with Crippen molar-refractivity contribution >= 4 is 38.9 Å². The van der Waals surface area contributed by atoms with Gasteiger partial charge < -0.3 is 10.6 Å². The number of benzene rings is 1. The third kappa shape index (κ3) is 3.98. The number of amides is 2. The molecule has 1 fully saturated rings. The number of carbonyl (C=O) groups excluding carboxylic acids is 2. The van der Waals surface area contributed by atoms with E-state index in [1.807, 2.05) is 6.07 Å². The van der Waals surface area contributed by atoms with E-state index in [9.17, 15) is 18.0 Å². The second-order valence-electron chi connectivity index (χ2n) is 7.12. The molecule has 1 saturated heterocycles. The minimum Gasteiger partial charge on any atom is -0.347 e. The number of sulfonamides is 1. The molecule has 0 bridgehead atoms. The SMILES string of the molecule is C=CC(=O)NC1CN(S(=O)(=O)c2ccc(NC(=O)c3cc4c(s3)CCC4)cc2)C1. The molecule has 9 heteroatoms. The number of nitrogens with one attached hydrogen (secondary N) is 2. The summed E-state index contributed by atoms with van der Waals surface area (Å²) in [4.78, 5) is 25.8. The highest BCUT2D eigenvalue weighted by molar-refractivity contribution is 7.89. The van der Waals surface area contributed by atoms with Crippen LogP contribution in [0.3, 0.4) is 0 Å². The normalized spacial score (nSPS) is 16.7. The Balaban J connectivity index is 1.38. The lowest BCUT2D eigenvalue weighted by Gasteiger charge is -2.38. The van der Waals surface area contributed by atoms with Crippen molar-refractivity contribution in [1.29, 1.82) is 0 Å². The average Bonchev–Trinajstić information content (AvgIpc) is 3.26. The highest BCUT2D eigenvalue weighted by atomic mass is 32.2. The van der Waals surface area contributed by atoms with E-state index in [1.165, 1.54) is 38.2 Å². The molecule has 0 saturated carbocycles. The Morgan fingerprint density at radius 3 is 2.55 bits per heavy atom. The quantitative estimate of drug-likeness (QED) is 0.685. The van der Waals surface area contributed by atoms with E-state index in [0.717, 1.165) is 25.3 Å². The smallest absolute Gasteiger partial charge is 0.265 e. The highest BCUT2D eigenvalue weighted by Crippen LogP contribution is 2.31. The minimum atomic E-state index is -3.63. The van der Waals surface area contributed by atoms with Crippen molar-refractivity contribution in [2.24, 2.45) is 0 Å². The van der Waals surface area contributed by atoms with Gasteiger partial charge in [-0.2, -0.15) is 4.31 Å². The first kappa shape index (κ1) is 19.8. The van der Waals surface area contributed by atoms with Gasteiger partial charge in [0.05, 0.1) is 15.8 Å². The maximum absolute atomic E-state index is 12.7. The summed E-state index contributed by atoms with van der Waals surface area (Å²) in [7, 11) is -3.63. The van der Waals surface area contributed by atoms with Crippen LogP contribution in [-0.2, 0) is 27.7 Å². The topological polar surface area (TPSA) is 95.6 Å². The van der Waals surface area contributed by atoms with E-state index in [4.69, 9.17) is 0 Å². The van der Waals surface area contributed by atoms with Crippen molar-refractivity contribution in [3.63, 3.8) is 0 Å². The summed E-state index contributed by atoms with van der Waals surface area (Å²) in [6.45, 7) is 3.83. The first-order valence-electron chi connectivity index (χ1n) is 9.33. The Morgan fingerprint density at radius 2 is 1.90 bits per heavy atom. The van der Waals surface area contributed by atoms with Crippen LogP contribution < -0.4 is 10.6 Å². The van der Waals surface area contributed by atoms with Crippen LogP contribution in [0.1, 0.15) is 26.5 Å². The van der Waals surface area contributed by atoms with Crippen LogP contribution in [0.25, 0.3) is 0 Å². The second-order valence-corrected chi connectivity index (χ2v) is 10.2. The van der Waals surface area contributed by atoms with Gasteiger partial charge >= 0.3 is 0 Å². The Hall–Kier alpha value is -2.49. The van der Waals surface area contributed by atoms with Crippen molar-refractivity contribution in [1.82, 2.24) is 9.62 Å². The van der Waals surface area contributed by atoms with Crippen molar-refractivity contribution in [3.8, 4) is 0 Å². The van der Waals surface area contributed by atoms with Crippen molar-refractivity contribution in [2.45, 2.75) is 30.2 Å². The zero-order valence-corrected chi connectivity index (χ0v) is 17.3. The fraction of sp³-hybridized carbons (Fsp3) is 0.300. The third-order valence-electron chi connectivity index (χ3n) is 5.10. The fourth-order valence-corrected chi connectivity index (χ4v) is 6.16. The molecule has 29 heavy (non-hydrogen) atoms. The summed E-state index contributed by atoms with van der Waals surface area (Å²) in [5.41, 5.74) is 1.81. The van der Waals surface area contributed by atoms with Crippen LogP contribution in [0.2, 0.25) is 0 Å². The van der Waals surface area contributed by atoms with Gasteiger partial charge in [0, 0.05) is 23.7 Å². The molecule has 1 aromatic heterocycles. The van der Waals surface area contributed by atoms with Gasteiger partial charge in [-0.25, -0.2) is 8.42 Å². The summed E-state index contributed by atoms with van der Waals surface area (Å²) >= 11 is 1.53. The summed E-state index contributed by atoms with van der Waals surface area (Å²) in [5.74, 6) is -0.494.